The van der Waals surface area contributed by atoms with Gasteiger partial charge in [-0.05, 0) is 38.1 Å². The fourth-order valence-electron chi connectivity index (χ4n) is 2.84. The first-order valence-corrected chi connectivity index (χ1v) is 9.09. The quantitative estimate of drug-likeness (QED) is 0.709. The third kappa shape index (κ3) is 4.46. The van der Waals surface area contributed by atoms with Gasteiger partial charge in [0.2, 0.25) is 5.91 Å². The number of rotatable bonds is 6. The van der Waals surface area contributed by atoms with E-state index in [2.05, 4.69) is 28.8 Å². The van der Waals surface area contributed by atoms with Crippen LogP contribution in [0.4, 0.5) is 0 Å². The summed E-state index contributed by atoms with van der Waals surface area (Å²) in [5, 5.41) is 7.67. The highest BCUT2D eigenvalue weighted by atomic mass is 35.5. The second-order valence-electron chi connectivity index (χ2n) is 6.47. The number of benzene rings is 1. The van der Waals surface area contributed by atoms with E-state index in [0.29, 0.717) is 28.9 Å². The highest BCUT2D eigenvalue weighted by molar-refractivity contribution is 6.33. The van der Waals surface area contributed by atoms with Crippen molar-refractivity contribution in [2.24, 2.45) is 0 Å². The number of nitrogens with one attached hydrogen (secondary N) is 1. The Labute approximate surface area is 162 Å². The average Bonchev–Trinajstić information content (AvgIpc) is 3.11. The number of carbonyl (C=O) groups is 1. The molecule has 2 heterocycles. The Balaban J connectivity index is 1.72. The molecule has 1 amide bonds. The van der Waals surface area contributed by atoms with Gasteiger partial charge < -0.3 is 9.88 Å². The first-order valence-electron chi connectivity index (χ1n) is 8.71. The van der Waals surface area contributed by atoms with Gasteiger partial charge in [-0.3, -0.25) is 9.59 Å². The predicted octanol–water partition coefficient (Wildman–Crippen LogP) is 3.26. The summed E-state index contributed by atoms with van der Waals surface area (Å²) in [6.07, 6.45) is 1.98. The molecule has 1 aromatic carbocycles. The molecule has 0 aliphatic heterocycles. The van der Waals surface area contributed by atoms with E-state index < -0.39 is 0 Å². The van der Waals surface area contributed by atoms with Crippen molar-refractivity contribution in [3.05, 3.63) is 75.8 Å². The third-order valence-corrected chi connectivity index (χ3v) is 4.53. The topological polar surface area (TPSA) is 68.9 Å². The van der Waals surface area contributed by atoms with Crippen LogP contribution in [-0.4, -0.2) is 20.3 Å². The third-order valence-electron chi connectivity index (χ3n) is 4.20. The van der Waals surface area contributed by atoms with E-state index in [1.165, 1.54) is 6.07 Å². The van der Waals surface area contributed by atoms with Crippen LogP contribution in [0, 0.1) is 0 Å². The summed E-state index contributed by atoms with van der Waals surface area (Å²) < 4.78 is 3.23. The zero-order valence-electron chi connectivity index (χ0n) is 15.2. The monoisotopic (exact) mass is 384 g/mol. The molecule has 0 aliphatic rings. The van der Waals surface area contributed by atoms with Gasteiger partial charge >= 0.3 is 0 Å². The molecule has 3 aromatic rings. The molecule has 0 aliphatic carbocycles. The van der Waals surface area contributed by atoms with Crippen molar-refractivity contribution in [1.82, 2.24) is 19.7 Å². The summed E-state index contributed by atoms with van der Waals surface area (Å²) in [5.41, 5.74) is 1.92. The fourth-order valence-corrected chi connectivity index (χ4v) is 3.07. The lowest BCUT2D eigenvalue weighted by molar-refractivity contribution is -0.122. The van der Waals surface area contributed by atoms with E-state index in [1.807, 2.05) is 36.5 Å². The molecule has 27 heavy (non-hydrogen) atoms. The summed E-state index contributed by atoms with van der Waals surface area (Å²) in [5.74, 6) is -0.280. The molecule has 0 fully saturated rings. The van der Waals surface area contributed by atoms with Crippen LogP contribution in [0.15, 0.2) is 59.5 Å². The lowest BCUT2D eigenvalue weighted by Crippen LogP contribution is -2.33. The number of aromatic nitrogens is 3. The molecule has 7 heteroatoms. The van der Waals surface area contributed by atoms with Crippen LogP contribution < -0.4 is 10.9 Å². The maximum Gasteiger partial charge on any atom is 0.267 e. The number of hydrogen-bond donors (Lipinski definition) is 1. The molecule has 2 aromatic heterocycles. The van der Waals surface area contributed by atoms with Crippen LogP contribution in [0.25, 0.3) is 11.3 Å². The summed E-state index contributed by atoms with van der Waals surface area (Å²) in [4.78, 5) is 24.4. The number of carbonyl (C=O) groups excluding carboxylic acids is 1. The highest BCUT2D eigenvalue weighted by Crippen LogP contribution is 2.24. The molecule has 0 atom stereocenters. The van der Waals surface area contributed by atoms with Crippen LogP contribution in [0.1, 0.15) is 25.6 Å². The minimum Gasteiger partial charge on any atom is -0.349 e. The van der Waals surface area contributed by atoms with Gasteiger partial charge in [-0.25, -0.2) is 4.68 Å². The smallest absolute Gasteiger partial charge is 0.267 e. The van der Waals surface area contributed by atoms with Gasteiger partial charge in [0.25, 0.3) is 5.56 Å². The zero-order valence-corrected chi connectivity index (χ0v) is 16.0. The molecule has 0 radical (unpaired) electrons. The van der Waals surface area contributed by atoms with Gasteiger partial charge in [0.05, 0.1) is 17.3 Å². The molecule has 3 rings (SSSR count). The van der Waals surface area contributed by atoms with E-state index in [4.69, 9.17) is 11.6 Å². The van der Waals surface area contributed by atoms with Crippen LogP contribution in [0.3, 0.4) is 0 Å². The SMILES string of the molecule is CC(C)n1cccc1CNC(=O)Cn1nc(-c2ccccc2Cl)ccc1=O. The zero-order chi connectivity index (χ0) is 19.4. The lowest BCUT2D eigenvalue weighted by atomic mass is 10.1. The normalized spacial score (nSPS) is 11.0. The molecular weight excluding hydrogens is 364 g/mol. The largest absolute Gasteiger partial charge is 0.349 e. The summed E-state index contributed by atoms with van der Waals surface area (Å²) in [7, 11) is 0. The first kappa shape index (κ1) is 18.9. The van der Waals surface area contributed by atoms with Crippen molar-refractivity contribution in [2.45, 2.75) is 33.0 Å². The van der Waals surface area contributed by atoms with E-state index >= 15 is 0 Å². The van der Waals surface area contributed by atoms with Crippen LogP contribution in [0.5, 0.6) is 0 Å². The van der Waals surface area contributed by atoms with E-state index in [-0.39, 0.29) is 18.0 Å². The average molecular weight is 385 g/mol. The van der Waals surface area contributed by atoms with Gasteiger partial charge in [0, 0.05) is 29.6 Å². The minimum absolute atomic E-state index is 0.153. The van der Waals surface area contributed by atoms with Crippen molar-refractivity contribution in [3.63, 3.8) is 0 Å². The molecule has 0 spiro atoms. The van der Waals surface area contributed by atoms with E-state index in [1.54, 1.807) is 12.1 Å². The summed E-state index contributed by atoms with van der Waals surface area (Å²) >= 11 is 6.19. The second-order valence-corrected chi connectivity index (χ2v) is 6.88. The molecular formula is C20H21ClN4O2. The van der Waals surface area contributed by atoms with Crippen molar-refractivity contribution in [2.75, 3.05) is 0 Å². The Hall–Kier alpha value is -2.86. The van der Waals surface area contributed by atoms with Crippen LogP contribution >= 0.6 is 11.6 Å². The Kier molecular flexibility index (Phi) is 5.76. The standard InChI is InChI=1S/C20H21ClN4O2/c1-14(2)24-11-5-6-15(24)12-22-19(26)13-25-20(27)10-9-18(23-25)16-7-3-4-8-17(16)21/h3-11,14H,12-13H2,1-2H3,(H,22,26). The highest BCUT2D eigenvalue weighted by Gasteiger charge is 2.11. The van der Waals surface area contributed by atoms with Crippen molar-refractivity contribution in [1.29, 1.82) is 0 Å². The van der Waals surface area contributed by atoms with Gasteiger partial charge in [-0.1, -0.05) is 29.8 Å². The predicted molar refractivity (Wildman–Crippen MR) is 106 cm³/mol. The van der Waals surface area contributed by atoms with Gasteiger partial charge in [0.15, 0.2) is 0 Å². The van der Waals surface area contributed by atoms with E-state index in [9.17, 15) is 9.59 Å². The van der Waals surface area contributed by atoms with Gasteiger partial charge in [-0.2, -0.15) is 5.10 Å². The minimum atomic E-state index is -0.341. The van der Waals surface area contributed by atoms with Crippen molar-refractivity contribution in [3.8, 4) is 11.3 Å². The Morgan fingerprint density at radius 3 is 2.67 bits per heavy atom. The maximum absolute atomic E-state index is 12.3. The molecule has 6 nitrogen and oxygen atoms in total. The Morgan fingerprint density at radius 1 is 1.15 bits per heavy atom. The van der Waals surface area contributed by atoms with E-state index in [0.717, 1.165) is 10.4 Å². The van der Waals surface area contributed by atoms with Crippen LogP contribution in [-0.2, 0) is 17.9 Å². The Bertz CT molecular complexity index is 1010. The molecule has 0 bridgehead atoms. The van der Waals surface area contributed by atoms with Gasteiger partial charge in [-0.15, -0.1) is 0 Å². The Morgan fingerprint density at radius 2 is 1.93 bits per heavy atom. The first-order chi connectivity index (χ1) is 13.0. The summed E-state index contributed by atoms with van der Waals surface area (Å²) in [6.45, 7) is 4.40. The number of halogens is 1. The molecule has 1 N–H and O–H groups in total. The summed E-state index contributed by atoms with van der Waals surface area (Å²) in [6, 6.07) is 14.4. The molecule has 0 saturated heterocycles. The number of amides is 1. The number of nitrogens with zero attached hydrogens (tertiary/aromatic N) is 3. The maximum atomic E-state index is 12.3. The molecule has 0 unspecified atom stereocenters. The second kappa shape index (κ2) is 8.22. The van der Waals surface area contributed by atoms with Gasteiger partial charge in [0.1, 0.15) is 6.54 Å². The number of hydrogen-bond acceptors (Lipinski definition) is 3. The fraction of sp³-hybridized carbons (Fsp3) is 0.250. The lowest BCUT2D eigenvalue weighted by Gasteiger charge is -2.14. The van der Waals surface area contributed by atoms with Crippen molar-refractivity contribution >= 4 is 17.5 Å². The van der Waals surface area contributed by atoms with Crippen molar-refractivity contribution < 1.29 is 4.79 Å². The molecule has 140 valence electrons. The van der Waals surface area contributed by atoms with Crippen LogP contribution in [0.2, 0.25) is 5.02 Å². The molecule has 0 saturated carbocycles.